The van der Waals surface area contributed by atoms with E-state index in [1.165, 1.54) is 24.3 Å². The molecule has 1 amide bonds. The van der Waals surface area contributed by atoms with Gasteiger partial charge in [0.2, 0.25) is 0 Å². The number of amidine groups is 1. The Bertz CT molecular complexity index is 1430. The predicted octanol–water partition coefficient (Wildman–Crippen LogP) is 3.00. The molecule has 4 rings (SSSR count). The van der Waals surface area contributed by atoms with Crippen LogP contribution in [0.2, 0.25) is 0 Å². The number of aromatic nitrogens is 4. The fraction of sp³-hybridized carbons (Fsp3) is 0.208. The molecule has 37 heavy (non-hydrogen) atoms. The van der Waals surface area contributed by atoms with E-state index in [1.54, 1.807) is 36.7 Å². The third kappa shape index (κ3) is 5.38. The van der Waals surface area contributed by atoms with Gasteiger partial charge in [-0.1, -0.05) is 30.3 Å². The molecule has 0 saturated carbocycles. The number of thiazole rings is 1. The molecular formula is C24H23F2N7O3S. The molecule has 0 bridgehead atoms. The van der Waals surface area contributed by atoms with Crippen molar-refractivity contribution in [2.24, 2.45) is 0 Å². The van der Waals surface area contributed by atoms with E-state index in [2.05, 4.69) is 20.4 Å². The van der Waals surface area contributed by atoms with Crippen molar-refractivity contribution in [1.29, 1.82) is 5.41 Å². The summed E-state index contributed by atoms with van der Waals surface area (Å²) < 4.78 is 29.6. The number of aliphatic hydroxyl groups is 1. The van der Waals surface area contributed by atoms with Crippen LogP contribution < -0.4 is 10.8 Å². The van der Waals surface area contributed by atoms with Crippen LogP contribution >= 0.6 is 11.3 Å². The summed E-state index contributed by atoms with van der Waals surface area (Å²) in [6.45, 7) is 2.92. The molecule has 0 unspecified atom stereocenters. The summed E-state index contributed by atoms with van der Waals surface area (Å²) in [5.41, 5.74) is 1.19. The lowest BCUT2D eigenvalue weighted by Crippen LogP contribution is -2.51. The Hall–Kier alpha value is -4.07. The molecule has 0 fully saturated rings. The van der Waals surface area contributed by atoms with Crippen molar-refractivity contribution in [3.8, 4) is 10.6 Å². The summed E-state index contributed by atoms with van der Waals surface area (Å²) in [4.78, 5) is 21.8. The van der Waals surface area contributed by atoms with Gasteiger partial charge in [-0.05, 0) is 19.9 Å². The summed E-state index contributed by atoms with van der Waals surface area (Å²) in [5, 5.41) is 35.3. The van der Waals surface area contributed by atoms with Crippen molar-refractivity contribution < 1.29 is 23.9 Å². The molecular weight excluding hydrogens is 504 g/mol. The lowest BCUT2D eigenvalue weighted by molar-refractivity contribution is -0.0185. The molecule has 192 valence electrons. The number of hydroxylamine groups is 1. The molecule has 4 aromatic rings. The molecule has 0 aliphatic heterocycles. The number of halogens is 2. The monoisotopic (exact) mass is 527 g/mol. The standard InChI is InChI=1S/C24H23F2N7O3S/c1-13-20(37-23(30-13)16-5-3-15(4-6-16)21(27)32-36)22(34)31-14(2)24(35,10-33-12-28-11-29-33)18-8-7-17(25)9-19(18)26/h3-9,11-12,14,35-36H,10H2,1-2H3,(H2,27,32)(H,31,34)/t14-,24-/m1/s1. The number of nitrogens with zero attached hydrogens (tertiary/aromatic N) is 4. The van der Waals surface area contributed by atoms with Crippen LogP contribution in [0.4, 0.5) is 8.78 Å². The van der Waals surface area contributed by atoms with Crippen molar-refractivity contribution >= 4 is 23.1 Å². The molecule has 0 saturated heterocycles. The lowest BCUT2D eigenvalue weighted by atomic mass is 9.86. The van der Waals surface area contributed by atoms with Gasteiger partial charge in [0, 0.05) is 22.8 Å². The van der Waals surface area contributed by atoms with Crippen molar-refractivity contribution in [1.82, 2.24) is 30.5 Å². The number of rotatable bonds is 8. The van der Waals surface area contributed by atoms with Crippen LogP contribution in [0, 0.1) is 24.0 Å². The number of nitrogens with one attached hydrogen (secondary N) is 3. The number of amides is 1. The topological polar surface area (TPSA) is 149 Å². The number of aryl methyl sites for hydroxylation is 1. The quantitative estimate of drug-likeness (QED) is 0.134. The minimum atomic E-state index is -2.00. The third-order valence-electron chi connectivity index (χ3n) is 5.87. The van der Waals surface area contributed by atoms with Crippen LogP contribution in [-0.2, 0) is 12.1 Å². The molecule has 0 aliphatic carbocycles. The Kier molecular flexibility index (Phi) is 7.38. The summed E-state index contributed by atoms with van der Waals surface area (Å²) >= 11 is 1.12. The zero-order valence-electron chi connectivity index (χ0n) is 19.7. The Morgan fingerprint density at radius 3 is 2.59 bits per heavy atom. The average molecular weight is 528 g/mol. The van der Waals surface area contributed by atoms with Gasteiger partial charge in [0.15, 0.2) is 0 Å². The number of hydrogen-bond acceptors (Lipinski definition) is 8. The highest BCUT2D eigenvalue weighted by Crippen LogP contribution is 2.32. The minimum Gasteiger partial charge on any atom is -0.381 e. The van der Waals surface area contributed by atoms with E-state index in [0.29, 0.717) is 32.8 Å². The fourth-order valence-electron chi connectivity index (χ4n) is 3.81. The van der Waals surface area contributed by atoms with Crippen molar-refractivity contribution in [2.45, 2.75) is 32.0 Å². The zero-order chi connectivity index (χ0) is 26.7. The maximum atomic E-state index is 14.8. The van der Waals surface area contributed by atoms with Crippen LogP contribution in [0.1, 0.15) is 33.4 Å². The van der Waals surface area contributed by atoms with Crippen molar-refractivity contribution in [2.75, 3.05) is 0 Å². The maximum absolute atomic E-state index is 14.8. The van der Waals surface area contributed by atoms with Crippen molar-refractivity contribution in [3.05, 3.63) is 88.5 Å². The lowest BCUT2D eigenvalue weighted by Gasteiger charge is -2.35. The highest BCUT2D eigenvalue weighted by Gasteiger charge is 2.40. The molecule has 2 atom stereocenters. The van der Waals surface area contributed by atoms with Gasteiger partial charge < -0.3 is 10.4 Å². The van der Waals surface area contributed by atoms with E-state index < -0.39 is 29.2 Å². The van der Waals surface area contributed by atoms with Crippen LogP contribution in [0.25, 0.3) is 10.6 Å². The fourth-order valence-corrected chi connectivity index (χ4v) is 4.79. The van der Waals surface area contributed by atoms with Crippen LogP contribution in [0.15, 0.2) is 55.1 Å². The first kappa shape index (κ1) is 26.0. The Morgan fingerprint density at radius 2 is 1.97 bits per heavy atom. The summed E-state index contributed by atoms with van der Waals surface area (Å²) in [6, 6.07) is 8.46. The second kappa shape index (κ2) is 10.5. The molecule has 0 aliphatic rings. The van der Waals surface area contributed by atoms with Gasteiger partial charge in [0.05, 0.1) is 18.3 Å². The first-order valence-corrected chi connectivity index (χ1v) is 11.8. The second-order valence-electron chi connectivity index (χ2n) is 8.33. The Labute approximate surface area is 214 Å². The van der Waals surface area contributed by atoms with E-state index in [4.69, 9.17) is 10.6 Å². The minimum absolute atomic E-state index is 0.160. The highest BCUT2D eigenvalue weighted by atomic mass is 32.1. The van der Waals surface area contributed by atoms with Gasteiger partial charge in [-0.2, -0.15) is 5.10 Å². The Morgan fingerprint density at radius 1 is 1.24 bits per heavy atom. The van der Waals surface area contributed by atoms with E-state index in [9.17, 15) is 18.7 Å². The SMILES string of the molecule is Cc1nc(-c2ccc(C(=N)NO)cc2)sc1C(=O)N[C@H](C)[C@](O)(Cn1cncn1)c1ccc(F)cc1F. The number of carbonyl (C=O) groups is 1. The van der Waals surface area contributed by atoms with Crippen molar-refractivity contribution in [3.63, 3.8) is 0 Å². The third-order valence-corrected chi connectivity index (χ3v) is 7.07. The molecule has 13 heteroatoms. The maximum Gasteiger partial charge on any atom is 0.263 e. The van der Waals surface area contributed by atoms with E-state index in [1.807, 2.05) is 0 Å². The zero-order valence-corrected chi connectivity index (χ0v) is 20.6. The van der Waals surface area contributed by atoms with Gasteiger partial charge in [0.25, 0.3) is 5.91 Å². The molecule has 5 N–H and O–H groups in total. The number of carbonyl (C=O) groups excluding carboxylic acids is 1. The number of benzene rings is 2. The predicted molar refractivity (Wildman–Crippen MR) is 131 cm³/mol. The highest BCUT2D eigenvalue weighted by molar-refractivity contribution is 7.17. The molecule has 10 nitrogen and oxygen atoms in total. The van der Waals surface area contributed by atoms with Gasteiger partial charge in [-0.25, -0.2) is 23.4 Å². The summed E-state index contributed by atoms with van der Waals surface area (Å²) in [7, 11) is 0. The summed E-state index contributed by atoms with van der Waals surface area (Å²) in [5.74, 6) is -2.46. The smallest absolute Gasteiger partial charge is 0.263 e. The first-order valence-electron chi connectivity index (χ1n) is 11.0. The largest absolute Gasteiger partial charge is 0.381 e. The van der Waals surface area contributed by atoms with Gasteiger partial charge >= 0.3 is 0 Å². The van der Waals surface area contributed by atoms with E-state index >= 15 is 0 Å². The first-order chi connectivity index (χ1) is 17.6. The number of hydrogen-bond donors (Lipinski definition) is 5. The molecule has 0 spiro atoms. The van der Waals surface area contributed by atoms with Crippen LogP contribution in [-0.4, -0.2) is 47.8 Å². The average Bonchev–Trinajstić information content (AvgIpc) is 3.52. The Balaban J connectivity index is 1.60. The van der Waals surface area contributed by atoms with Gasteiger partial charge in [-0.15, -0.1) is 11.3 Å². The van der Waals surface area contributed by atoms with Gasteiger partial charge in [-0.3, -0.25) is 20.9 Å². The molecule has 0 radical (unpaired) electrons. The summed E-state index contributed by atoms with van der Waals surface area (Å²) in [6.07, 6.45) is 2.59. The van der Waals surface area contributed by atoms with Crippen LogP contribution in [0.5, 0.6) is 0 Å². The second-order valence-corrected chi connectivity index (χ2v) is 9.33. The molecule has 2 aromatic carbocycles. The molecule has 2 heterocycles. The molecule has 2 aromatic heterocycles. The normalized spacial score (nSPS) is 13.6. The van der Waals surface area contributed by atoms with Crippen LogP contribution in [0.3, 0.4) is 0 Å². The van der Waals surface area contributed by atoms with E-state index in [-0.39, 0.29) is 17.9 Å². The van der Waals surface area contributed by atoms with E-state index in [0.717, 1.165) is 23.5 Å². The van der Waals surface area contributed by atoms with Gasteiger partial charge in [0.1, 0.15) is 45.6 Å².